The minimum atomic E-state index is 0.728. The fourth-order valence-electron chi connectivity index (χ4n) is 1.43. The summed E-state index contributed by atoms with van der Waals surface area (Å²) in [6.07, 6.45) is 1.83. The number of pyridine rings is 1. The first-order valence-corrected chi connectivity index (χ1v) is 6.43. The van der Waals surface area contributed by atoms with Crippen molar-refractivity contribution in [2.75, 3.05) is 5.32 Å². The van der Waals surface area contributed by atoms with Gasteiger partial charge in [-0.15, -0.1) is 0 Å². The highest BCUT2D eigenvalue weighted by Gasteiger charge is 1.99. The molecular weight excluding hydrogens is 300 g/mol. The lowest BCUT2D eigenvalue weighted by Gasteiger charge is -2.07. The van der Waals surface area contributed by atoms with Crippen LogP contribution in [0.4, 0.5) is 5.69 Å². The summed E-state index contributed by atoms with van der Waals surface area (Å²) in [7, 11) is 0. The van der Waals surface area contributed by atoms with Crippen LogP contribution in [0.25, 0.3) is 0 Å². The highest BCUT2D eigenvalue weighted by molar-refractivity contribution is 9.10. The summed E-state index contributed by atoms with van der Waals surface area (Å²) >= 11 is 9.40. The van der Waals surface area contributed by atoms with Gasteiger partial charge in [0.25, 0.3) is 0 Å². The highest BCUT2D eigenvalue weighted by atomic mass is 79.9. The molecule has 0 saturated carbocycles. The molecule has 0 aliphatic heterocycles. The maximum absolute atomic E-state index is 6.03. The van der Waals surface area contributed by atoms with Gasteiger partial charge in [0.05, 0.1) is 16.9 Å². The lowest BCUT2D eigenvalue weighted by Crippen LogP contribution is -1.99. The molecule has 2 nitrogen and oxygen atoms in total. The van der Waals surface area contributed by atoms with Crippen molar-refractivity contribution < 1.29 is 0 Å². The number of aryl methyl sites for hydroxylation is 1. The second-order valence-corrected chi connectivity index (χ2v) is 5.05. The van der Waals surface area contributed by atoms with Crippen molar-refractivity contribution >= 4 is 33.2 Å². The summed E-state index contributed by atoms with van der Waals surface area (Å²) in [6.45, 7) is 2.70. The average Bonchev–Trinajstić information content (AvgIpc) is 2.33. The smallest absolute Gasteiger partial charge is 0.0551 e. The van der Waals surface area contributed by atoms with Gasteiger partial charge in [-0.1, -0.05) is 17.7 Å². The molecule has 0 radical (unpaired) electrons. The van der Waals surface area contributed by atoms with Crippen molar-refractivity contribution in [3.05, 3.63) is 57.3 Å². The number of rotatable bonds is 3. The Bertz CT molecular complexity index is 511. The maximum atomic E-state index is 6.03. The van der Waals surface area contributed by atoms with E-state index in [1.165, 1.54) is 0 Å². The van der Waals surface area contributed by atoms with Crippen LogP contribution in [0.1, 0.15) is 11.3 Å². The third kappa shape index (κ3) is 3.45. The molecule has 2 rings (SSSR count). The molecule has 0 atom stereocenters. The molecule has 1 heterocycles. The van der Waals surface area contributed by atoms with Gasteiger partial charge in [0.15, 0.2) is 0 Å². The first-order chi connectivity index (χ1) is 8.15. The molecule has 0 unspecified atom stereocenters. The zero-order chi connectivity index (χ0) is 12.3. The van der Waals surface area contributed by atoms with E-state index in [4.69, 9.17) is 11.6 Å². The Labute approximate surface area is 114 Å². The number of nitrogens with zero attached hydrogens (tertiary/aromatic N) is 1. The fourth-order valence-corrected chi connectivity index (χ4v) is 1.88. The topological polar surface area (TPSA) is 24.9 Å². The van der Waals surface area contributed by atoms with Gasteiger partial charge >= 0.3 is 0 Å². The summed E-state index contributed by atoms with van der Waals surface area (Å²) in [5.41, 5.74) is 3.16. The molecule has 4 heteroatoms. The minimum Gasteiger partial charge on any atom is -0.380 e. The van der Waals surface area contributed by atoms with Crippen molar-refractivity contribution in [2.45, 2.75) is 13.5 Å². The number of hydrogen-bond acceptors (Lipinski definition) is 2. The van der Waals surface area contributed by atoms with Gasteiger partial charge in [-0.25, -0.2) is 0 Å². The summed E-state index contributed by atoms with van der Waals surface area (Å²) in [4.78, 5) is 4.23. The first-order valence-electron chi connectivity index (χ1n) is 5.25. The van der Waals surface area contributed by atoms with Gasteiger partial charge in [-0.2, -0.15) is 0 Å². The zero-order valence-electron chi connectivity index (χ0n) is 9.37. The Balaban J connectivity index is 2.02. The van der Waals surface area contributed by atoms with Gasteiger partial charge in [0.1, 0.15) is 0 Å². The van der Waals surface area contributed by atoms with Crippen molar-refractivity contribution in [1.82, 2.24) is 4.98 Å². The highest BCUT2D eigenvalue weighted by Crippen LogP contribution is 2.23. The summed E-state index contributed by atoms with van der Waals surface area (Å²) in [5, 5.41) is 4.03. The second kappa shape index (κ2) is 5.52. The van der Waals surface area contributed by atoms with E-state index in [1.54, 1.807) is 0 Å². The Morgan fingerprint density at radius 2 is 2.12 bits per heavy atom. The van der Waals surface area contributed by atoms with E-state index in [9.17, 15) is 0 Å². The summed E-state index contributed by atoms with van der Waals surface area (Å²) in [5.74, 6) is 0. The van der Waals surface area contributed by atoms with Gasteiger partial charge in [-0.3, -0.25) is 4.98 Å². The normalized spacial score (nSPS) is 10.3. The van der Waals surface area contributed by atoms with Gasteiger partial charge in [0.2, 0.25) is 0 Å². The molecule has 0 saturated heterocycles. The molecule has 1 aromatic heterocycles. The first kappa shape index (κ1) is 12.4. The van der Waals surface area contributed by atoms with E-state index in [0.717, 1.165) is 33.0 Å². The Morgan fingerprint density at radius 3 is 2.76 bits per heavy atom. The molecule has 1 aromatic carbocycles. The average molecular weight is 312 g/mol. The van der Waals surface area contributed by atoms with Crippen LogP contribution in [0.2, 0.25) is 5.02 Å². The molecule has 17 heavy (non-hydrogen) atoms. The number of nitrogens with one attached hydrogen (secondary N) is 1. The van der Waals surface area contributed by atoms with Crippen LogP contribution in [0.15, 0.2) is 41.0 Å². The van der Waals surface area contributed by atoms with Gasteiger partial charge in [-0.05, 0) is 52.7 Å². The standard InChI is InChI=1S/C13H12BrClN2/c1-9-2-4-11(8-16-9)17-7-10-3-5-12(14)13(15)6-10/h2-6,8,17H,7H2,1H3. The molecule has 88 valence electrons. The predicted molar refractivity (Wildman–Crippen MR) is 75.5 cm³/mol. The summed E-state index contributed by atoms with van der Waals surface area (Å²) in [6, 6.07) is 9.93. The number of benzene rings is 1. The van der Waals surface area contributed by atoms with E-state index in [2.05, 4.69) is 26.2 Å². The largest absolute Gasteiger partial charge is 0.380 e. The van der Waals surface area contributed by atoms with Crippen LogP contribution in [0.5, 0.6) is 0 Å². The van der Waals surface area contributed by atoms with E-state index in [-0.39, 0.29) is 0 Å². The third-order valence-electron chi connectivity index (χ3n) is 2.39. The summed E-state index contributed by atoms with van der Waals surface area (Å²) < 4.78 is 0.917. The maximum Gasteiger partial charge on any atom is 0.0551 e. The molecule has 1 N–H and O–H groups in total. The monoisotopic (exact) mass is 310 g/mol. The molecule has 0 amide bonds. The third-order valence-corrected chi connectivity index (χ3v) is 3.62. The SMILES string of the molecule is Cc1ccc(NCc2ccc(Br)c(Cl)c2)cn1. The number of anilines is 1. The lowest BCUT2D eigenvalue weighted by atomic mass is 10.2. The molecule has 0 aliphatic rings. The Hall–Kier alpha value is -1.06. The second-order valence-electron chi connectivity index (χ2n) is 3.79. The zero-order valence-corrected chi connectivity index (χ0v) is 11.7. The van der Waals surface area contributed by atoms with Crippen molar-refractivity contribution in [3.8, 4) is 0 Å². The van der Waals surface area contributed by atoms with E-state index < -0.39 is 0 Å². The van der Waals surface area contributed by atoms with E-state index in [0.29, 0.717) is 0 Å². The molecular formula is C13H12BrClN2. The van der Waals surface area contributed by atoms with Crippen LogP contribution in [0, 0.1) is 6.92 Å². The molecule has 0 aliphatic carbocycles. The van der Waals surface area contributed by atoms with Crippen LogP contribution < -0.4 is 5.32 Å². The van der Waals surface area contributed by atoms with Crippen LogP contribution in [0.3, 0.4) is 0 Å². The Kier molecular flexibility index (Phi) is 4.02. The van der Waals surface area contributed by atoms with E-state index >= 15 is 0 Å². The van der Waals surface area contributed by atoms with Crippen molar-refractivity contribution in [3.63, 3.8) is 0 Å². The Morgan fingerprint density at radius 1 is 1.29 bits per heavy atom. The van der Waals surface area contributed by atoms with E-state index in [1.807, 2.05) is 43.5 Å². The van der Waals surface area contributed by atoms with Crippen LogP contribution >= 0.6 is 27.5 Å². The fraction of sp³-hybridized carbons (Fsp3) is 0.154. The number of halogens is 2. The molecule has 2 aromatic rings. The lowest BCUT2D eigenvalue weighted by molar-refractivity contribution is 1.12. The van der Waals surface area contributed by atoms with Crippen molar-refractivity contribution in [1.29, 1.82) is 0 Å². The van der Waals surface area contributed by atoms with Crippen LogP contribution in [-0.4, -0.2) is 4.98 Å². The predicted octanol–water partition coefficient (Wildman–Crippen LogP) is 4.42. The van der Waals surface area contributed by atoms with Crippen molar-refractivity contribution in [2.24, 2.45) is 0 Å². The molecule has 0 spiro atoms. The minimum absolute atomic E-state index is 0.728. The number of aromatic nitrogens is 1. The number of hydrogen-bond donors (Lipinski definition) is 1. The van der Waals surface area contributed by atoms with Gasteiger partial charge < -0.3 is 5.32 Å². The quantitative estimate of drug-likeness (QED) is 0.907. The molecule has 0 fully saturated rings. The van der Waals surface area contributed by atoms with Gasteiger partial charge in [0, 0.05) is 16.7 Å². The van der Waals surface area contributed by atoms with Crippen LogP contribution in [-0.2, 0) is 6.54 Å². The molecule has 0 bridgehead atoms.